The summed E-state index contributed by atoms with van der Waals surface area (Å²) in [5.41, 5.74) is 9.00. The molecule has 17 heavy (non-hydrogen) atoms. The molecule has 0 saturated heterocycles. The average Bonchev–Trinajstić information content (AvgIpc) is 2.72. The molecule has 0 saturated carbocycles. The first-order valence-electron chi connectivity index (χ1n) is 5.51. The number of Topliss-reactive ketones (excluding diaryl/α,β-unsaturated/α-hetero) is 1. The molecule has 0 bridgehead atoms. The number of benzene rings is 1. The molecule has 3 heteroatoms. The van der Waals surface area contributed by atoms with Gasteiger partial charge in [0, 0.05) is 30.0 Å². The Labute approximate surface area is 100 Å². The first-order valence-corrected chi connectivity index (χ1v) is 5.51. The second-order valence-electron chi connectivity index (χ2n) is 3.98. The third-order valence-corrected chi connectivity index (χ3v) is 2.88. The van der Waals surface area contributed by atoms with Crippen molar-refractivity contribution in [3.8, 4) is 0 Å². The van der Waals surface area contributed by atoms with Crippen molar-refractivity contribution in [1.29, 1.82) is 5.41 Å². The third kappa shape index (κ3) is 2.33. The molecule has 0 spiro atoms. The van der Waals surface area contributed by atoms with Crippen LogP contribution in [0, 0.1) is 5.41 Å². The van der Waals surface area contributed by atoms with Crippen LogP contribution in [0.2, 0.25) is 0 Å². The molecule has 3 nitrogen and oxygen atoms in total. The van der Waals surface area contributed by atoms with Crippen LogP contribution in [0.3, 0.4) is 0 Å². The highest BCUT2D eigenvalue weighted by Gasteiger charge is 2.18. The second kappa shape index (κ2) is 4.78. The van der Waals surface area contributed by atoms with Gasteiger partial charge < -0.3 is 11.1 Å². The van der Waals surface area contributed by atoms with Gasteiger partial charge in [-0.1, -0.05) is 30.4 Å². The zero-order valence-electron chi connectivity index (χ0n) is 9.44. The Kier molecular flexibility index (Phi) is 3.19. The number of rotatable bonds is 3. The average molecular weight is 226 g/mol. The standard InChI is InChI=1S/C14H14N2O/c15-8-11(9-16)2-1-10-3-5-13-12(7-10)4-6-14(13)17/h1-3,5,7-9,15H,4,6,16H2/b2-1+,11-9-,15-8?. The summed E-state index contributed by atoms with van der Waals surface area (Å²) in [6, 6.07) is 5.81. The predicted molar refractivity (Wildman–Crippen MR) is 69.2 cm³/mol. The minimum Gasteiger partial charge on any atom is -0.404 e. The maximum absolute atomic E-state index is 11.5. The second-order valence-corrected chi connectivity index (χ2v) is 3.98. The van der Waals surface area contributed by atoms with Crippen molar-refractivity contribution in [2.75, 3.05) is 0 Å². The fourth-order valence-electron chi connectivity index (χ4n) is 1.92. The van der Waals surface area contributed by atoms with Gasteiger partial charge >= 0.3 is 0 Å². The number of nitrogens with two attached hydrogens (primary N) is 1. The van der Waals surface area contributed by atoms with Crippen LogP contribution in [0.25, 0.3) is 6.08 Å². The van der Waals surface area contributed by atoms with Gasteiger partial charge in [-0.2, -0.15) is 0 Å². The molecule has 0 aliphatic heterocycles. The number of ketones is 1. The van der Waals surface area contributed by atoms with Crippen molar-refractivity contribution in [1.82, 2.24) is 0 Å². The quantitative estimate of drug-likeness (QED) is 0.613. The van der Waals surface area contributed by atoms with Crippen molar-refractivity contribution in [3.05, 3.63) is 52.7 Å². The SMILES string of the molecule is N=CC(=C\N)/C=C/c1ccc2c(c1)CCC2=O. The Morgan fingerprint density at radius 1 is 1.35 bits per heavy atom. The van der Waals surface area contributed by atoms with E-state index in [0.29, 0.717) is 12.0 Å². The molecule has 0 unspecified atom stereocenters. The summed E-state index contributed by atoms with van der Waals surface area (Å²) < 4.78 is 0. The van der Waals surface area contributed by atoms with Gasteiger partial charge in [0.25, 0.3) is 0 Å². The van der Waals surface area contributed by atoms with Gasteiger partial charge in [-0.15, -0.1) is 0 Å². The monoisotopic (exact) mass is 226 g/mol. The Morgan fingerprint density at radius 2 is 2.18 bits per heavy atom. The van der Waals surface area contributed by atoms with Crippen LogP contribution in [0.4, 0.5) is 0 Å². The number of hydrogen-bond acceptors (Lipinski definition) is 3. The van der Waals surface area contributed by atoms with Gasteiger partial charge in [-0.25, -0.2) is 0 Å². The number of fused-ring (bicyclic) bond motifs is 1. The first kappa shape index (κ1) is 11.3. The summed E-state index contributed by atoms with van der Waals surface area (Å²) in [5, 5.41) is 7.11. The normalized spacial score (nSPS) is 15.3. The Bertz CT molecular complexity index is 527. The lowest BCUT2D eigenvalue weighted by Crippen LogP contribution is -1.90. The summed E-state index contributed by atoms with van der Waals surface area (Å²) in [6.45, 7) is 0. The van der Waals surface area contributed by atoms with E-state index in [0.717, 1.165) is 23.1 Å². The van der Waals surface area contributed by atoms with E-state index in [1.165, 1.54) is 12.4 Å². The lowest BCUT2D eigenvalue weighted by molar-refractivity contribution is 0.0994. The molecule has 2 rings (SSSR count). The summed E-state index contributed by atoms with van der Waals surface area (Å²) >= 11 is 0. The van der Waals surface area contributed by atoms with E-state index >= 15 is 0 Å². The van der Waals surface area contributed by atoms with E-state index in [1.807, 2.05) is 24.3 Å². The van der Waals surface area contributed by atoms with Gasteiger partial charge in [0.05, 0.1) is 0 Å². The summed E-state index contributed by atoms with van der Waals surface area (Å²) in [7, 11) is 0. The topological polar surface area (TPSA) is 66.9 Å². The molecule has 1 aromatic carbocycles. The van der Waals surface area contributed by atoms with Crippen molar-refractivity contribution in [3.63, 3.8) is 0 Å². The largest absolute Gasteiger partial charge is 0.404 e. The summed E-state index contributed by atoms with van der Waals surface area (Å²) in [6.07, 6.45) is 7.73. The molecule has 0 heterocycles. The van der Waals surface area contributed by atoms with E-state index in [1.54, 1.807) is 6.08 Å². The van der Waals surface area contributed by atoms with Crippen molar-refractivity contribution < 1.29 is 4.79 Å². The van der Waals surface area contributed by atoms with Crippen LogP contribution in [-0.4, -0.2) is 12.0 Å². The van der Waals surface area contributed by atoms with E-state index < -0.39 is 0 Å². The molecule has 0 aromatic heterocycles. The van der Waals surface area contributed by atoms with Gasteiger partial charge in [-0.05, 0) is 17.5 Å². The lowest BCUT2D eigenvalue weighted by Gasteiger charge is -1.99. The number of carbonyl (C=O) groups excluding carboxylic acids is 1. The predicted octanol–water partition coefficient (Wildman–Crippen LogP) is 2.32. The highest BCUT2D eigenvalue weighted by Crippen LogP contribution is 2.23. The van der Waals surface area contributed by atoms with Crippen molar-refractivity contribution in [2.45, 2.75) is 12.8 Å². The minimum absolute atomic E-state index is 0.234. The molecule has 3 N–H and O–H groups in total. The highest BCUT2D eigenvalue weighted by molar-refractivity contribution is 6.00. The molecule has 1 aliphatic carbocycles. The number of allylic oxidation sites excluding steroid dienone is 2. The van der Waals surface area contributed by atoms with Crippen LogP contribution in [-0.2, 0) is 6.42 Å². The first-order chi connectivity index (χ1) is 8.24. The molecule has 1 aliphatic rings. The van der Waals surface area contributed by atoms with Crippen molar-refractivity contribution in [2.24, 2.45) is 5.73 Å². The zero-order chi connectivity index (χ0) is 12.3. The zero-order valence-corrected chi connectivity index (χ0v) is 9.44. The molecular formula is C14H14N2O. The Morgan fingerprint density at radius 3 is 2.88 bits per heavy atom. The molecular weight excluding hydrogens is 212 g/mol. The van der Waals surface area contributed by atoms with E-state index in [4.69, 9.17) is 11.1 Å². The van der Waals surface area contributed by atoms with Crippen LogP contribution in [0.15, 0.2) is 36.0 Å². The fourth-order valence-corrected chi connectivity index (χ4v) is 1.92. The fraction of sp³-hybridized carbons (Fsp3) is 0.143. The maximum atomic E-state index is 11.5. The van der Waals surface area contributed by atoms with Crippen LogP contribution >= 0.6 is 0 Å². The number of carbonyl (C=O) groups is 1. The summed E-state index contributed by atoms with van der Waals surface area (Å²) in [5.74, 6) is 0.234. The van der Waals surface area contributed by atoms with E-state index in [2.05, 4.69) is 0 Å². The maximum Gasteiger partial charge on any atom is 0.163 e. The Hall–Kier alpha value is -2.16. The smallest absolute Gasteiger partial charge is 0.163 e. The molecule has 1 aromatic rings. The third-order valence-electron chi connectivity index (χ3n) is 2.88. The molecule has 0 amide bonds. The number of aryl methyl sites for hydroxylation is 1. The van der Waals surface area contributed by atoms with E-state index in [9.17, 15) is 4.79 Å². The number of hydrogen-bond donors (Lipinski definition) is 2. The summed E-state index contributed by atoms with van der Waals surface area (Å²) in [4.78, 5) is 11.5. The minimum atomic E-state index is 0.234. The van der Waals surface area contributed by atoms with Gasteiger partial charge in [0.15, 0.2) is 5.78 Å². The van der Waals surface area contributed by atoms with Gasteiger partial charge in [-0.3, -0.25) is 4.79 Å². The molecule has 0 atom stereocenters. The molecule has 0 fully saturated rings. The van der Waals surface area contributed by atoms with Gasteiger partial charge in [0.2, 0.25) is 0 Å². The van der Waals surface area contributed by atoms with E-state index in [-0.39, 0.29) is 5.78 Å². The highest BCUT2D eigenvalue weighted by atomic mass is 16.1. The van der Waals surface area contributed by atoms with Crippen LogP contribution < -0.4 is 5.73 Å². The lowest BCUT2D eigenvalue weighted by atomic mass is 10.1. The molecule has 86 valence electrons. The van der Waals surface area contributed by atoms with Gasteiger partial charge in [0.1, 0.15) is 0 Å². The van der Waals surface area contributed by atoms with Crippen LogP contribution in [0.5, 0.6) is 0 Å². The molecule has 0 radical (unpaired) electrons. The number of nitrogens with one attached hydrogen (secondary N) is 1. The Balaban J connectivity index is 2.25. The van der Waals surface area contributed by atoms with Crippen molar-refractivity contribution >= 4 is 18.1 Å². The van der Waals surface area contributed by atoms with Crippen LogP contribution in [0.1, 0.15) is 27.9 Å².